The maximum absolute atomic E-state index is 13.0. The fraction of sp³-hybridized carbons (Fsp3) is 0.429. The van der Waals surface area contributed by atoms with Gasteiger partial charge in [-0.1, -0.05) is 79.1 Å². The highest BCUT2D eigenvalue weighted by molar-refractivity contribution is 6.13. The van der Waals surface area contributed by atoms with Gasteiger partial charge in [0.2, 0.25) is 0 Å². The molecular formula is C49H62N2O6. The van der Waals surface area contributed by atoms with Gasteiger partial charge in [-0.3, -0.25) is 9.59 Å². The molecule has 0 aliphatic carbocycles. The molecule has 0 unspecified atom stereocenters. The maximum atomic E-state index is 13.0. The number of carbonyl (C=O) groups excluding carboxylic acids is 4. The molecule has 8 nitrogen and oxygen atoms in total. The lowest BCUT2D eigenvalue weighted by atomic mass is 10.0. The molecule has 0 bridgehead atoms. The van der Waals surface area contributed by atoms with Crippen molar-refractivity contribution in [1.82, 2.24) is 0 Å². The molecule has 0 spiro atoms. The zero-order chi connectivity index (χ0) is 40.8. The van der Waals surface area contributed by atoms with E-state index in [0.29, 0.717) is 33.8 Å². The molecule has 57 heavy (non-hydrogen) atoms. The molecule has 4 aromatic carbocycles. The summed E-state index contributed by atoms with van der Waals surface area (Å²) in [6.07, 6.45) is 13.7. The molecule has 4 aromatic rings. The van der Waals surface area contributed by atoms with E-state index in [4.69, 9.17) is 9.47 Å². The van der Waals surface area contributed by atoms with Gasteiger partial charge in [0.25, 0.3) is 0 Å². The van der Waals surface area contributed by atoms with Crippen LogP contribution in [0.3, 0.4) is 0 Å². The van der Waals surface area contributed by atoms with Crippen LogP contribution in [0, 0.1) is 0 Å². The Hall–Kier alpha value is -5.24. The van der Waals surface area contributed by atoms with Gasteiger partial charge in [0.05, 0.1) is 17.5 Å². The van der Waals surface area contributed by atoms with E-state index in [9.17, 15) is 19.2 Å². The summed E-state index contributed by atoms with van der Waals surface area (Å²) < 4.78 is 11.2. The van der Waals surface area contributed by atoms with Gasteiger partial charge in [-0.2, -0.15) is 0 Å². The summed E-state index contributed by atoms with van der Waals surface area (Å²) in [6.45, 7) is 12.8. The lowest BCUT2D eigenvalue weighted by Gasteiger charge is -2.25. The zero-order valence-electron chi connectivity index (χ0n) is 34.6. The fourth-order valence-electron chi connectivity index (χ4n) is 6.67. The Morgan fingerprint density at radius 2 is 0.667 bits per heavy atom. The molecule has 0 amide bonds. The number of ether oxygens (including phenoxy) is 2. The van der Waals surface area contributed by atoms with Crippen molar-refractivity contribution in [2.75, 3.05) is 36.0 Å². The molecule has 0 saturated heterocycles. The number of anilines is 2. The normalized spacial score (nSPS) is 10.9. The molecule has 0 atom stereocenters. The van der Waals surface area contributed by atoms with Gasteiger partial charge >= 0.3 is 11.9 Å². The molecule has 0 radical (unpaired) electrons. The van der Waals surface area contributed by atoms with Crippen LogP contribution in [0.4, 0.5) is 11.4 Å². The SMILES string of the molecule is CCCCCN(CCCCC)c1ccc(C(=O)Oc2ccc(C(=O)CC(=O)c3ccc(OC(=O)c4ccc(N(CCCCC)CCCCC)cc4)cc3)cc2)cc1. The first kappa shape index (κ1) is 44.5. The predicted octanol–water partition coefficient (Wildman–Crippen LogP) is 12.0. The van der Waals surface area contributed by atoms with Crippen LogP contribution in [0.5, 0.6) is 11.5 Å². The van der Waals surface area contributed by atoms with Crippen molar-refractivity contribution >= 4 is 34.9 Å². The molecule has 0 N–H and O–H groups in total. The summed E-state index contributed by atoms with van der Waals surface area (Å²) in [5, 5.41) is 0. The molecule has 0 aliphatic rings. The number of carbonyl (C=O) groups is 4. The van der Waals surface area contributed by atoms with Crippen molar-refractivity contribution in [1.29, 1.82) is 0 Å². The number of ketones is 2. The van der Waals surface area contributed by atoms with Gasteiger partial charge in [-0.25, -0.2) is 9.59 Å². The van der Waals surface area contributed by atoms with E-state index >= 15 is 0 Å². The second-order valence-corrected chi connectivity index (χ2v) is 14.7. The zero-order valence-corrected chi connectivity index (χ0v) is 34.6. The molecule has 0 aromatic heterocycles. The number of benzene rings is 4. The fourth-order valence-corrected chi connectivity index (χ4v) is 6.67. The molecule has 0 aliphatic heterocycles. The van der Waals surface area contributed by atoms with Gasteiger partial charge in [0, 0.05) is 48.7 Å². The Kier molecular flexibility index (Phi) is 19.0. The van der Waals surface area contributed by atoms with Crippen LogP contribution in [-0.2, 0) is 0 Å². The number of Topliss-reactive ketones (excluding diaryl/α,β-unsaturated/α-hetero) is 2. The third-order valence-corrected chi connectivity index (χ3v) is 10.2. The van der Waals surface area contributed by atoms with Gasteiger partial charge in [-0.15, -0.1) is 0 Å². The van der Waals surface area contributed by atoms with E-state index in [2.05, 4.69) is 37.5 Å². The highest BCUT2D eigenvalue weighted by atomic mass is 16.5. The quantitative estimate of drug-likeness (QED) is 0.0205. The highest BCUT2D eigenvalue weighted by Crippen LogP contribution is 2.23. The van der Waals surface area contributed by atoms with Gasteiger partial charge in [0.1, 0.15) is 11.5 Å². The van der Waals surface area contributed by atoms with Crippen molar-refractivity contribution in [3.8, 4) is 11.5 Å². The molecule has 0 heterocycles. The first-order valence-corrected chi connectivity index (χ1v) is 21.2. The number of esters is 2. The largest absolute Gasteiger partial charge is 0.423 e. The van der Waals surface area contributed by atoms with Crippen LogP contribution in [0.25, 0.3) is 0 Å². The second kappa shape index (κ2) is 24.4. The monoisotopic (exact) mass is 774 g/mol. The average molecular weight is 775 g/mol. The number of unbranched alkanes of at least 4 members (excludes halogenated alkanes) is 8. The van der Waals surface area contributed by atoms with E-state index in [1.807, 2.05) is 24.3 Å². The minimum atomic E-state index is -0.482. The third-order valence-electron chi connectivity index (χ3n) is 10.2. The number of rotatable bonds is 26. The van der Waals surface area contributed by atoms with Gasteiger partial charge in [0.15, 0.2) is 11.6 Å². The van der Waals surface area contributed by atoms with E-state index < -0.39 is 11.9 Å². The Morgan fingerprint density at radius 3 is 0.947 bits per heavy atom. The Labute approximate surface area is 340 Å². The van der Waals surface area contributed by atoms with E-state index in [0.717, 1.165) is 63.2 Å². The van der Waals surface area contributed by atoms with E-state index in [1.165, 1.54) is 51.4 Å². The van der Waals surface area contributed by atoms with Crippen molar-refractivity contribution in [3.63, 3.8) is 0 Å². The minimum Gasteiger partial charge on any atom is -0.423 e. The van der Waals surface area contributed by atoms with Crippen LogP contribution < -0.4 is 19.3 Å². The average Bonchev–Trinajstić information content (AvgIpc) is 3.23. The van der Waals surface area contributed by atoms with Crippen molar-refractivity contribution in [2.24, 2.45) is 0 Å². The van der Waals surface area contributed by atoms with E-state index in [-0.39, 0.29) is 18.0 Å². The Balaban J connectivity index is 1.27. The molecule has 4 rings (SSSR count). The maximum Gasteiger partial charge on any atom is 0.343 e. The minimum absolute atomic E-state index is 0.306. The molecular weight excluding hydrogens is 713 g/mol. The van der Waals surface area contributed by atoms with Gasteiger partial charge in [-0.05, 0) is 123 Å². The van der Waals surface area contributed by atoms with Crippen molar-refractivity contribution in [3.05, 3.63) is 119 Å². The number of nitrogens with zero attached hydrogens (tertiary/aromatic N) is 2. The molecule has 0 fully saturated rings. The Bertz CT molecular complexity index is 1660. The summed E-state index contributed by atoms with van der Waals surface area (Å²) in [5.74, 6) is -1.07. The van der Waals surface area contributed by atoms with Crippen LogP contribution in [-0.4, -0.2) is 49.7 Å². The predicted molar refractivity (Wildman–Crippen MR) is 231 cm³/mol. The first-order chi connectivity index (χ1) is 27.8. The van der Waals surface area contributed by atoms with Crippen LogP contribution in [0.1, 0.15) is 153 Å². The lowest BCUT2D eigenvalue weighted by Crippen LogP contribution is -2.25. The Morgan fingerprint density at radius 1 is 0.386 bits per heavy atom. The highest BCUT2D eigenvalue weighted by Gasteiger charge is 2.17. The third kappa shape index (κ3) is 14.7. The van der Waals surface area contributed by atoms with Crippen LogP contribution >= 0.6 is 0 Å². The topological polar surface area (TPSA) is 93.2 Å². The number of hydrogen-bond donors (Lipinski definition) is 0. The number of hydrogen-bond acceptors (Lipinski definition) is 8. The first-order valence-electron chi connectivity index (χ1n) is 21.2. The van der Waals surface area contributed by atoms with Gasteiger partial charge < -0.3 is 19.3 Å². The van der Waals surface area contributed by atoms with Crippen LogP contribution in [0.15, 0.2) is 97.1 Å². The van der Waals surface area contributed by atoms with Crippen molar-refractivity contribution < 1.29 is 28.7 Å². The summed E-state index contributed by atoms with van der Waals surface area (Å²) >= 11 is 0. The standard InChI is InChI=1S/C49H62N2O6/c1-5-9-13-33-50(34-14-10-6-2)42-25-17-40(18-26-42)48(54)56-44-29-21-38(22-30-44)46(52)37-47(53)39-23-31-45(32-24-39)57-49(55)41-19-27-43(28-20-41)51(35-15-11-7-3)36-16-12-8-4/h17-32H,5-16,33-37H2,1-4H3. The lowest BCUT2D eigenvalue weighted by molar-refractivity contribution is 0.0725. The molecule has 304 valence electrons. The summed E-state index contributed by atoms with van der Waals surface area (Å²) in [5.41, 5.74) is 3.76. The summed E-state index contributed by atoms with van der Waals surface area (Å²) in [4.78, 5) is 56.6. The second-order valence-electron chi connectivity index (χ2n) is 14.7. The molecule has 0 saturated carbocycles. The summed E-state index contributed by atoms with van der Waals surface area (Å²) in [7, 11) is 0. The molecule has 8 heteroatoms. The van der Waals surface area contributed by atoms with Crippen LogP contribution in [0.2, 0.25) is 0 Å². The van der Waals surface area contributed by atoms with Crippen molar-refractivity contribution in [2.45, 2.75) is 111 Å². The summed E-state index contributed by atoms with van der Waals surface area (Å²) in [6, 6.07) is 27.5. The smallest absolute Gasteiger partial charge is 0.343 e. The van der Waals surface area contributed by atoms with E-state index in [1.54, 1.807) is 72.8 Å².